The van der Waals surface area contributed by atoms with Gasteiger partial charge in [0.05, 0.1) is 0 Å². The Hall–Kier alpha value is -0.940. The smallest absolute Gasteiger partial charge is 0.155 e. The molecule has 5 heteroatoms. The van der Waals surface area contributed by atoms with Crippen LogP contribution in [0.3, 0.4) is 0 Å². The zero-order valence-corrected chi connectivity index (χ0v) is 11.9. The molecule has 0 unspecified atom stereocenters. The van der Waals surface area contributed by atoms with E-state index in [9.17, 15) is 0 Å². The van der Waals surface area contributed by atoms with Crippen LogP contribution in [0.1, 0.15) is 50.2 Å². The molecule has 2 fully saturated rings. The van der Waals surface area contributed by atoms with E-state index in [0.717, 1.165) is 30.7 Å². The lowest BCUT2D eigenvalue weighted by Crippen LogP contribution is -2.47. The molecule has 3 heterocycles. The predicted octanol–water partition coefficient (Wildman–Crippen LogP) is 1.30. The summed E-state index contributed by atoms with van der Waals surface area (Å²) in [5, 5.41) is 10.9. The molecule has 0 spiro atoms. The summed E-state index contributed by atoms with van der Waals surface area (Å²) in [7, 11) is 0. The molecule has 0 bridgehead atoms. The first-order valence-corrected chi connectivity index (χ1v) is 7.72. The average molecular weight is 263 g/mol. The SMILES string of the molecule is CCc1nc([C@@H]2CCCN(C3CCNCC3)C2)n[nH]1. The Labute approximate surface area is 115 Å². The van der Waals surface area contributed by atoms with Gasteiger partial charge in [-0.05, 0) is 45.3 Å². The Morgan fingerprint density at radius 2 is 2.11 bits per heavy atom. The zero-order valence-electron chi connectivity index (χ0n) is 11.9. The van der Waals surface area contributed by atoms with Gasteiger partial charge in [-0.15, -0.1) is 0 Å². The van der Waals surface area contributed by atoms with E-state index in [1.165, 1.54) is 45.3 Å². The third-order valence-corrected chi connectivity index (χ3v) is 4.53. The minimum Gasteiger partial charge on any atom is -0.317 e. The first-order chi connectivity index (χ1) is 9.36. The van der Waals surface area contributed by atoms with Crippen LogP contribution in [0.25, 0.3) is 0 Å². The van der Waals surface area contributed by atoms with Crippen molar-refractivity contribution in [3.8, 4) is 0 Å². The van der Waals surface area contributed by atoms with Crippen LogP contribution in [-0.4, -0.2) is 52.3 Å². The lowest BCUT2D eigenvalue weighted by Gasteiger charge is -2.39. The third-order valence-electron chi connectivity index (χ3n) is 4.53. The molecule has 2 aliphatic heterocycles. The first kappa shape index (κ1) is 13.1. The molecule has 19 heavy (non-hydrogen) atoms. The van der Waals surface area contributed by atoms with Gasteiger partial charge >= 0.3 is 0 Å². The molecule has 0 aromatic carbocycles. The third kappa shape index (κ3) is 2.98. The van der Waals surface area contributed by atoms with Crippen LogP contribution in [0.15, 0.2) is 0 Å². The van der Waals surface area contributed by atoms with Crippen LogP contribution in [0.2, 0.25) is 0 Å². The number of piperidine rings is 2. The molecule has 2 saturated heterocycles. The number of H-pyrrole nitrogens is 1. The van der Waals surface area contributed by atoms with Crippen molar-refractivity contribution in [1.29, 1.82) is 0 Å². The monoisotopic (exact) mass is 263 g/mol. The highest BCUT2D eigenvalue weighted by Crippen LogP contribution is 2.27. The van der Waals surface area contributed by atoms with Crippen molar-refractivity contribution in [2.45, 2.75) is 51.0 Å². The molecule has 106 valence electrons. The van der Waals surface area contributed by atoms with E-state index < -0.39 is 0 Å². The molecular weight excluding hydrogens is 238 g/mol. The topological polar surface area (TPSA) is 56.8 Å². The van der Waals surface area contributed by atoms with Crippen molar-refractivity contribution in [2.24, 2.45) is 0 Å². The Bertz CT molecular complexity index is 396. The molecule has 1 aromatic rings. The second kappa shape index (κ2) is 6.01. The quantitative estimate of drug-likeness (QED) is 0.863. The number of nitrogens with one attached hydrogen (secondary N) is 2. The summed E-state index contributed by atoms with van der Waals surface area (Å²) in [6, 6.07) is 0.772. The molecule has 3 rings (SSSR count). The summed E-state index contributed by atoms with van der Waals surface area (Å²) in [6.45, 7) is 6.86. The zero-order chi connectivity index (χ0) is 13.1. The number of aromatic amines is 1. The van der Waals surface area contributed by atoms with Gasteiger partial charge in [-0.25, -0.2) is 4.98 Å². The van der Waals surface area contributed by atoms with Crippen LogP contribution in [0.5, 0.6) is 0 Å². The van der Waals surface area contributed by atoms with Gasteiger partial charge in [0.2, 0.25) is 0 Å². The van der Waals surface area contributed by atoms with Crippen LogP contribution < -0.4 is 5.32 Å². The van der Waals surface area contributed by atoms with Gasteiger partial charge in [-0.2, -0.15) is 5.10 Å². The van der Waals surface area contributed by atoms with Gasteiger partial charge in [0, 0.05) is 24.9 Å². The summed E-state index contributed by atoms with van der Waals surface area (Å²) in [6.07, 6.45) is 6.05. The van der Waals surface area contributed by atoms with E-state index in [-0.39, 0.29) is 0 Å². The van der Waals surface area contributed by atoms with Gasteiger partial charge in [0.15, 0.2) is 5.82 Å². The number of aromatic nitrogens is 3. The number of aryl methyl sites for hydroxylation is 1. The molecule has 2 aliphatic rings. The maximum absolute atomic E-state index is 4.63. The highest BCUT2D eigenvalue weighted by molar-refractivity contribution is 5.01. The fraction of sp³-hybridized carbons (Fsp3) is 0.857. The Balaban J connectivity index is 1.63. The highest BCUT2D eigenvalue weighted by atomic mass is 15.2. The van der Waals surface area contributed by atoms with Crippen molar-refractivity contribution >= 4 is 0 Å². The molecule has 1 atom stereocenters. The Morgan fingerprint density at radius 1 is 1.26 bits per heavy atom. The van der Waals surface area contributed by atoms with E-state index in [4.69, 9.17) is 0 Å². The Kier molecular flexibility index (Phi) is 4.13. The van der Waals surface area contributed by atoms with E-state index in [1.807, 2.05) is 0 Å². The molecule has 0 amide bonds. The summed E-state index contributed by atoms with van der Waals surface area (Å²) in [4.78, 5) is 7.30. The van der Waals surface area contributed by atoms with Crippen molar-refractivity contribution in [2.75, 3.05) is 26.2 Å². The summed E-state index contributed by atoms with van der Waals surface area (Å²) >= 11 is 0. The molecule has 0 aliphatic carbocycles. The van der Waals surface area contributed by atoms with Crippen LogP contribution in [0, 0.1) is 0 Å². The van der Waals surface area contributed by atoms with Crippen LogP contribution >= 0.6 is 0 Å². The number of likely N-dealkylation sites (tertiary alicyclic amines) is 1. The largest absolute Gasteiger partial charge is 0.317 e. The molecule has 2 N–H and O–H groups in total. The second-order valence-electron chi connectivity index (χ2n) is 5.81. The molecule has 5 nitrogen and oxygen atoms in total. The predicted molar refractivity (Wildman–Crippen MR) is 75.2 cm³/mol. The van der Waals surface area contributed by atoms with Crippen LogP contribution in [-0.2, 0) is 6.42 Å². The van der Waals surface area contributed by atoms with Gasteiger partial charge in [-0.3, -0.25) is 10.00 Å². The minimum absolute atomic E-state index is 0.528. The second-order valence-corrected chi connectivity index (χ2v) is 5.81. The molecule has 1 aromatic heterocycles. The lowest BCUT2D eigenvalue weighted by molar-refractivity contribution is 0.121. The van der Waals surface area contributed by atoms with Crippen molar-refractivity contribution in [3.05, 3.63) is 11.6 Å². The maximum atomic E-state index is 4.63. The number of nitrogens with zero attached hydrogens (tertiary/aromatic N) is 3. The van der Waals surface area contributed by atoms with Gasteiger partial charge in [0.25, 0.3) is 0 Å². The minimum atomic E-state index is 0.528. The van der Waals surface area contributed by atoms with E-state index in [0.29, 0.717) is 5.92 Å². The lowest BCUT2D eigenvalue weighted by atomic mass is 9.94. The summed E-state index contributed by atoms with van der Waals surface area (Å²) in [5.41, 5.74) is 0. The molecule has 0 saturated carbocycles. The highest BCUT2D eigenvalue weighted by Gasteiger charge is 2.29. The van der Waals surface area contributed by atoms with Crippen molar-refractivity contribution < 1.29 is 0 Å². The standard InChI is InChI=1S/C14H25N5/c1-2-13-16-14(18-17-13)11-4-3-9-19(10-11)12-5-7-15-8-6-12/h11-12,15H,2-10H2,1H3,(H,16,17,18)/t11-/m1/s1. The number of hydrogen-bond donors (Lipinski definition) is 2. The van der Waals surface area contributed by atoms with E-state index >= 15 is 0 Å². The summed E-state index contributed by atoms with van der Waals surface area (Å²) in [5.74, 6) is 2.59. The molecule has 0 radical (unpaired) electrons. The number of hydrogen-bond acceptors (Lipinski definition) is 4. The van der Waals surface area contributed by atoms with Gasteiger partial charge in [0.1, 0.15) is 5.82 Å². The molecular formula is C14H25N5. The fourth-order valence-electron chi connectivity index (χ4n) is 3.37. The van der Waals surface area contributed by atoms with Gasteiger partial charge in [-0.1, -0.05) is 6.92 Å². The number of rotatable bonds is 3. The van der Waals surface area contributed by atoms with E-state index in [1.54, 1.807) is 0 Å². The van der Waals surface area contributed by atoms with Crippen molar-refractivity contribution in [3.63, 3.8) is 0 Å². The summed E-state index contributed by atoms with van der Waals surface area (Å²) < 4.78 is 0. The van der Waals surface area contributed by atoms with E-state index in [2.05, 4.69) is 32.3 Å². The fourth-order valence-corrected chi connectivity index (χ4v) is 3.37. The Morgan fingerprint density at radius 3 is 2.84 bits per heavy atom. The van der Waals surface area contributed by atoms with Gasteiger partial charge < -0.3 is 5.32 Å². The first-order valence-electron chi connectivity index (χ1n) is 7.72. The average Bonchev–Trinajstić information content (AvgIpc) is 2.97. The van der Waals surface area contributed by atoms with Crippen molar-refractivity contribution in [1.82, 2.24) is 25.4 Å². The normalized spacial score (nSPS) is 26.7. The maximum Gasteiger partial charge on any atom is 0.155 e. The van der Waals surface area contributed by atoms with Crippen LogP contribution in [0.4, 0.5) is 0 Å².